The maximum absolute atomic E-state index is 12.1. The topological polar surface area (TPSA) is 73.1 Å². The molecule has 1 amide bonds. The smallest absolute Gasteiger partial charge is 0.240 e. The molecule has 2 saturated carbocycles. The van der Waals surface area contributed by atoms with Crippen LogP contribution in [0.15, 0.2) is 0 Å². The molecule has 0 aliphatic heterocycles. The molecule has 2 rings (SSSR count). The molecule has 0 heterocycles. The highest BCUT2D eigenvalue weighted by molar-refractivity contribution is 5.86. The first kappa shape index (κ1) is 13.4. The standard InChI is InChI=1S/C14H22N2O2/c1-10-5-14(6-10,9-15)13(18)16-7-11-3-2-4-12(11)8-17/h10-12,17H,2-8H2,1H3,(H,16,18). The Morgan fingerprint density at radius 2 is 2.11 bits per heavy atom. The summed E-state index contributed by atoms with van der Waals surface area (Å²) in [5.74, 6) is 1.08. The predicted octanol–water partition coefficient (Wildman–Crippen LogP) is 1.45. The minimum absolute atomic E-state index is 0.105. The minimum atomic E-state index is -0.771. The van der Waals surface area contributed by atoms with Gasteiger partial charge in [-0.15, -0.1) is 0 Å². The van der Waals surface area contributed by atoms with Crippen LogP contribution < -0.4 is 5.32 Å². The second-order valence-corrected chi connectivity index (χ2v) is 6.05. The Kier molecular flexibility index (Phi) is 3.91. The van der Waals surface area contributed by atoms with Gasteiger partial charge in [0, 0.05) is 13.2 Å². The zero-order chi connectivity index (χ0) is 13.2. The molecule has 4 nitrogen and oxygen atoms in total. The van der Waals surface area contributed by atoms with Crippen molar-refractivity contribution in [3.63, 3.8) is 0 Å². The number of amides is 1. The van der Waals surface area contributed by atoms with E-state index in [1.807, 2.05) is 0 Å². The Morgan fingerprint density at radius 3 is 2.67 bits per heavy atom. The van der Waals surface area contributed by atoms with Crippen molar-refractivity contribution in [2.24, 2.45) is 23.2 Å². The van der Waals surface area contributed by atoms with Crippen LogP contribution in [0, 0.1) is 34.5 Å². The van der Waals surface area contributed by atoms with Gasteiger partial charge in [-0.05, 0) is 43.4 Å². The van der Waals surface area contributed by atoms with E-state index in [2.05, 4.69) is 18.3 Å². The van der Waals surface area contributed by atoms with E-state index in [0.717, 1.165) is 19.3 Å². The SMILES string of the molecule is CC1CC(C#N)(C(=O)NCC2CCCC2CO)C1. The van der Waals surface area contributed by atoms with Crippen molar-refractivity contribution in [2.45, 2.75) is 39.0 Å². The Balaban J connectivity index is 1.83. The number of rotatable bonds is 4. The van der Waals surface area contributed by atoms with Crippen molar-refractivity contribution in [1.29, 1.82) is 5.26 Å². The van der Waals surface area contributed by atoms with Gasteiger partial charge in [-0.3, -0.25) is 4.79 Å². The van der Waals surface area contributed by atoms with E-state index in [1.54, 1.807) is 0 Å². The van der Waals surface area contributed by atoms with Gasteiger partial charge >= 0.3 is 0 Å². The summed E-state index contributed by atoms with van der Waals surface area (Å²) >= 11 is 0. The molecule has 18 heavy (non-hydrogen) atoms. The average Bonchev–Trinajstić information content (AvgIpc) is 2.79. The van der Waals surface area contributed by atoms with Crippen molar-refractivity contribution in [2.75, 3.05) is 13.2 Å². The summed E-state index contributed by atoms with van der Waals surface area (Å²) in [5.41, 5.74) is -0.771. The molecule has 4 heteroatoms. The van der Waals surface area contributed by atoms with Crippen molar-refractivity contribution < 1.29 is 9.90 Å². The highest BCUT2D eigenvalue weighted by Gasteiger charge is 2.49. The summed E-state index contributed by atoms with van der Waals surface area (Å²) in [6.07, 6.45) is 4.62. The molecule has 2 N–H and O–H groups in total. The molecular weight excluding hydrogens is 228 g/mol. The molecule has 2 atom stereocenters. The second kappa shape index (κ2) is 5.27. The van der Waals surface area contributed by atoms with Crippen LogP contribution in [0.25, 0.3) is 0 Å². The van der Waals surface area contributed by atoms with E-state index in [-0.39, 0.29) is 12.5 Å². The van der Waals surface area contributed by atoms with Crippen molar-refractivity contribution >= 4 is 5.91 Å². The number of nitrogens with zero attached hydrogens (tertiary/aromatic N) is 1. The van der Waals surface area contributed by atoms with Crippen molar-refractivity contribution in [3.05, 3.63) is 0 Å². The highest BCUT2D eigenvalue weighted by Crippen LogP contribution is 2.45. The van der Waals surface area contributed by atoms with E-state index >= 15 is 0 Å². The van der Waals surface area contributed by atoms with Crippen LogP contribution >= 0.6 is 0 Å². The fraction of sp³-hybridized carbons (Fsp3) is 0.857. The Hall–Kier alpha value is -1.08. The van der Waals surface area contributed by atoms with Gasteiger partial charge in [-0.2, -0.15) is 5.26 Å². The van der Waals surface area contributed by atoms with Crippen LogP contribution in [0.3, 0.4) is 0 Å². The quantitative estimate of drug-likeness (QED) is 0.793. The van der Waals surface area contributed by atoms with E-state index < -0.39 is 5.41 Å². The van der Waals surface area contributed by atoms with Crippen molar-refractivity contribution in [3.8, 4) is 6.07 Å². The monoisotopic (exact) mass is 250 g/mol. The number of nitriles is 1. The number of aliphatic hydroxyl groups excluding tert-OH is 1. The van der Waals surface area contributed by atoms with Crippen LogP contribution in [-0.2, 0) is 4.79 Å². The third kappa shape index (κ3) is 2.37. The average molecular weight is 250 g/mol. The van der Waals surface area contributed by atoms with Gasteiger partial charge in [0.25, 0.3) is 0 Å². The molecule has 0 aromatic rings. The van der Waals surface area contributed by atoms with Crippen molar-refractivity contribution in [1.82, 2.24) is 5.32 Å². The third-order valence-corrected chi connectivity index (χ3v) is 4.62. The molecule has 0 aromatic carbocycles. The molecule has 0 aromatic heterocycles. The van der Waals surface area contributed by atoms with E-state index in [1.165, 1.54) is 0 Å². The minimum Gasteiger partial charge on any atom is -0.396 e. The summed E-state index contributed by atoms with van der Waals surface area (Å²) in [6.45, 7) is 2.89. The van der Waals surface area contributed by atoms with Crippen LogP contribution in [0.1, 0.15) is 39.0 Å². The summed E-state index contributed by atoms with van der Waals surface area (Å²) in [7, 11) is 0. The lowest BCUT2D eigenvalue weighted by atomic mass is 9.63. The Morgan fingerprint density at radius 1 is 1.44 bits per heavy atom. The van der Waals surface area contributed by atoms with Gasteiger partial charge in [-0.1, -0.05) is 13.3 Å². The summed E-state index contributed by atoms with van der Waals surface area (Å²) < 4.78 is 0. The van der Waals surface area contributed by atoms with E-state index in [4.69, 9.17) is 5.26 Å². The molecule has 2 unspecified atom stereocenters. The molecule has 0 bridgehead atoms. The lowest BCUT2D eigenvalue weighted by Gasteiger charge is -2.39. The fourth-order valence-electron chi connectivity index (χ4n) is 3.47. The first-order valence-corrected chi connectivity index (χ1v) is 6.91. The van der Waals surface area contributed by atoms with Gasteiger partial charge in [0.2, 0.25) is 5.91 Å². The largest absolute Gasteiger partial charge is 0.396 e. The maximum Gasteiger partial charge on any atom is 0.240 e. The lowest BCUT2D eigenvalue weighted by Crippen LogP contribution is -2.49. The number of nitrogens with one attached hydrogen (secondary N) is 1. The molecule has 100 valence electrons. The molecule has 0 spiro atoms. The Labute approximate surface area is 108 Å². The van der Waals surface area contributed by atoms with Gasteiger partial charge in [0.1, 0.15) is 5.41 Å². The second-order valence-electron chi connectivity index (χ2n) is 6.05. The van der Waals surface area contributed by atoms with Gasteiger partial charge < -0.3 is 10.4 Å². The van der Waals surface area contributed by atoms with E-state index in [0.29, 0.717) is 37.1 Å². The van der Waals surface area contributed by atoms with Crippen LogP contribution in [-0.4, -0.2) is 24.2 Å². The van der Waals surface area contributed by atoms with Crippen LogP contribution in [0.5, 0.6) is 0 Å². The Bertz CT molecular complexity index is 355. The van der Waals surface area contributed by atoms with Crippen LogP contribution in [0.4, 0.5) is 0 Å². The molecular formula is C14H22N2O2. The predicted molar refractivity (Wildman–Crippen MR) is 67.4 cm³/mol. The molecule has 2 fully saturated rings. The van der Waals surface area contributed by atoms with Gasteiger partial charge in [0.05, 0.1) is 6.07 Å². The maximum atomic E-state index is 12.1. The molecule has 0 saturated heterocycles. The number of hydrogen-bond donors (Lipinski definition) is 2. The lowest BCUT2D eigenvalue weighted by molar-refractivity contribution is -0.134. The zero-order valence-corrected chi connectivity index (χ0v) is 11.0. The first-order chi connectivity index (χ1) is 8.61. The fourth-order valence-corrected chi connectivity index (χ4v) is 3.47. The third-order valence-electron chi connectivity index (χ3n) is 4.62. The first-order valence-electron chi connectivity index (χ1n) is 6.91. The molecule has 2 aliphatic rings. The summed E-state index contributed by atoms with van der Waals surface area (Å²) in [6, 6.07) is 2.18. The van der Waals surface area contributed by atoms with Gasteiger partial charge in [-0.25, -0.2) is 0 Å². The number of carbonyl (C=O) groups excluding carboxylic acids is 1. The van der Waals surface area contributed by atoms with Gasteiger partial charge in [0.15, 0.2) is 0 Å². The number of hydrogen-bond acceptors (Lipinski definition) is 3. The molecule has 0 radical (unpaired) electrons. The zero-order valence-electron chi connectivity index (χ0n) is 11.0. The summed E-state index contributed by atoms with van der Waals surface area (Å²) in [4.78, 5) is 12.1. The number of carbonyl (C=O) groups is 1. The highest BCUT2D eigenvalue weighted by atomic mass is 16.3. The number of aliphatic hydroxyl groups is 1. The molecule has 2 aliphatic carbocycles. The normalized spacial score (nSPS) is 38.8. The van der Waals surface area contributed by atoms with E-state index in [9.17, 15) is 9.90 Å². The summed E-state index contributed by atoms with van der Waals surface area (Å²) in [5, 5.41) is 21.3. The van der Waals surface area contributed by atoms with Crippen LogP contribution in [0.2, 0.25) is 0 Å².